The van der Waals surface area contributed by atoms with Crippen LogP contribution in [-0.2, 0) is 13.1 Å². The second-order valence-corrected chi connectivity index (χ2v) is 4.81. The zero-order valence-electron chi connectivity index (χ0n) is 10.9. The molecule has 17 heavy (non-hydrogen) atoms. The molecule has 0 amide bonds. The fourth-order valence-electron chi connectivity index (χ4n) is 1.94. The number of nitrogens with one attached hydrogen (secondary N) is 1. The van der Waals surface area contributed by atoms with Crippen molar-refractivity contribution in [2.24, 2.45) is 0 Å². The molecule has 0 bridgehead atoms. The van der Waals surface area contributed by atoms with Gasteiger partial charge in [-0.2, -0.15) is 0 Å². The lowest BCUT2D eigenvalue weighted by Gasteiger charge is -2.16. The van der Waals surface area contributed by atoms with Crippen molar-refractivity contribution >= 4 is 0 Å². The highest BCUT2D eigenvalue weighted by molar-refractivity contribution is 5.05. The van der Waals surface area contributed by atoms with Crippen molar-refractivity contribution < 1.29 is 4.52 Å². The van der Waals surface area contributed by atoms with Gasteiger partial charge in [-0.15, -0.1) is 0 Å². The predicted octanol–water partition coefficient (Wildman–Crippen LogP) is 2.16. The van der Waals surface area contributed by atoms with E-state index >= 15 is 0 Å². The molecule has 0 aromatic carbocycles. The molecule has 0 unspecified atom stereocenters. The van der Waals surface area contributed by atoms with Gasteiger partial charge in [-0.25, -0.2) is 0 Å². The van der Waals surface area contributed by atoms with E-state index in [1.807, 2.05) is 0 Å². The summed E-state index contributed by atoms with van der Waals surface area (Å²) in [6.45, 7) is 8.28. The summed E-state index contributed by atoms with van der Waals surface area (Å²) in [5, 5.41) is 7.54. The zero-order valence-corrected chi connectivity index (χ0v) is 10.9. The van der Waals surface area contributed by atoms with Crippen molar-refractivity contribution in [3.63, 3.8) is 0 Å². The van der Waals surface area contributed by atoms with Gasteiger partial charge >= 0.3 is 0 Å². The van der Waals surface area contributed by atoms with Crippen LogP contribution in [0.5, 0.6) is 0 Å². The largest absolute Gasteiger partial charge is 0.360 e. The van der Waals surface area contributed by atoms with Crippen molar-refractivity contribution in [1.82, 2.24) is 15.4 Å². The van der Waals surface area contributed by atoms with Crippen molar-refractivity contribution in [2.75, 3.05) is 13.1 Å². The molecule has 0 aliphatic heterocycles. The van der Waals surface area contributed by atoms with Crippen LogP contribution in [0.25, 0.3) is 0 Å². The van der Waals surface area contributed by atoms with E-state index in [9.17, 15) is 0 Å². The van der Waals surface area contributed by atoms with Crippen LogP contribution >= 0.6 is 0 Å². The molecule has 1 N–H and O–H groups in total. The third-order valence-corrected chi connectivity index (χ3v) is 3.12. The Labute approximate surface area is 103 Å². The molecular weight excluding hydrogens is 214 g/mol. The summed E-state index contributed by atoms with van der Waals surface area (Å²) >= 11 is 0. The predicted molar refractivity (Wildman–Crippen MR) is 67.6 cm³/mol. The lowest BCUT2D eigenvalue weighted by molar-refractivity contribution is 0.241. The first kappa shape index (κ1) is 12.6. The molecule has 0 atom stereocenters. The second kappa shape index (κ2) is 6.17. The molecule has 1 fully saturated rings. The topological polar surface area (TPSA) is 41.3 Å². The van der Waals surface area contributed by atoms with Gasteiger partial charge in [-0.3, -0.25) is 4.90 Å². The average Bonchev–Trinajstić information content (AvgIpc) is 3.06. The highest BCUT2D eigenvalue weighted by atomic mass is 16.5. The summed E-state index contributed by atoms with van der Waals surface area (Å²) < 4.78 is 5.36. The van der Waals surface area contributed by atoms with Gasteiger partial charge in [-0.05, 0) is 32.4 Å². The molecule has 1 heterocycles. The van der Waals surface area contributed by atoms with Crippen LogP contribution in [0.15, 0.2) is 10.6 Å². The van der Waals surface area contributed by atoms with Crippen LogP contribution in [0, 0.1) is 0 Å². The third-order valence-electron chi connectivity index (χ3n) is 3.12. The number of hydrogen-bond acceptors (Lipinski definition) is 4. The molecule has 1 aromatic rings. The minimum absolute atomic E-state index is 0.724. The summed E-state index contributed by atoms with van der Waals surface area (Å²) in [6, 6.07) is 2.80. The van der Waals surface area contributed by atoms with Gasteiger partial charge < -0.3 is 9.84 Å². The van der Waals surface area contributed by atoms with E-state index in [4.69, 9.17) is 4.52 Å². The van der Waals surface area contributed by atoms with Gasteiger partial charge in [0.2, 0.25) is 0 Å². The fraction of sp³-hybridized carbons (Fsp3) is 0.769. The van der Waals surface area contributed by atoms with E-state index in [1.54, 1.807) is 0 Å². The SMILES string of the molecule is CCCN(CC)Cc1cc(CNC2CC2)no1. The summed E-state index contributed by atoms with van der Waals surface area (Å²) in [5.74, 6) is 0.980. The van der Waals surface area contributed by atoms with Crippen LogP contribution < -0.4 is 5.32 Å². The molecule has 1 aromatic heterocycles. The Morgan fingerprint density at radius 3 is 2.94 bits per heavy atom. The van der Waals surface area contributed by atoms with Crippen molar-refractivity contribution in [1.29, 1.82) is 0 Å². The van der Waals surface area contributed by atoms with E-state index in [0.29, 0.717) is 0 Å². The number of rotatable bonds is 8. The normalized spacial score (nSPS) is 15.7. The van der Waals surface area contributed by atoms with Crippen LogP contribution in [0.2, 0.25) is 0 Å². The summed E-state index contributed by atoms with van der Waals surface area (Å²) in [5.41, 5.74) is 1.03. The van der Waals surface area contributed by atoms with Gasteiger partial charge in [0.25, 0.3) is 0 Å². The van der Waals surface area contributed by atoms with E-state index in [0.717, 1.165) is 43.7 Å². The van der Waals surface area contributed by atoms with E-state index in [2.05, 4.69) is 35.3 Å². The minimum Gasteiger partial charge on any atom is -0.360 e. The lowest BCUT2D eigenvalue weighted by Crippen LogP contribution is -2.23. The molecule has 2 rings (SSSR count). The first-order valence-electron chi connectivity index (χ1n) is 6.72. The maximum atomic E-state index is 5.36. The van der Waals surface area contributed by atoms with Crippen LogP contribution in [0.3, 0.4) is 0 Å². The molecule has 1 aliphatic carbocycles. The number of nitrogens with zero attached hydrogens (tertiary/aromatic N) is 2. The van der Waals surface area contributed by atoms with Crippen molar-refractivity contribution in [2.45, 2.75) is 52.2 Å². The van der Waals surface area contributed by atoms with E-state index in [1.165, 1.54) is 19.3 Å². The minimum atomic E-state index is 0.724. The number of aromatic nitrogens is 1. The van der Waals surface area contributed by atoms with Crippen LogP contribution in [0.4, 0.5) is 0 Å². The maximum Gasteiger partial charge on any atom is 0.151 e. The van der Waals surface area contributed by atoms with Gasteiger partial charge in [0.05, 0.1) is 12.2 Å². The molecule has 0 saturated heterocycles. The summed E-state index contributed by atoms with van der Waals surface area (Å²) in [7, 11) is 0. The standard InChI is InChI=1S/C13H23N3O/c1-3-7-16(4-2)10-13-8-12(15-17-13)9-14-11-5-6-11/h8,11,14H,3-7,9-10H2,1-2H3. The second-order valence-electron chi connectivity index (χ2n) is 4.81. The van der Waals surface area contributed by atoms with Crippen molar-refractivity contribution in [3.8, 4) is 0 Å². The Hall–Kier alpha value is -0.870. The first-order valence-corrected chi connectivity index (χ1v) is 6.72. The molecule has 1 saturated carbocycles. The lowest BCUT2D eigenvalue weighted by atomic mass is 10.3. The molecular formula is C13H23N3O. The molecule has 0 spiro atoms. The Balaban J connectivity index is 1.79. The number of hydrogen-bond donors (Lipinski definition) is 1. The Bertz CT molecular complexity index is 333. The Morgan fingerprint density at radius 2 is 2.29 bits per heavy atom. The highest BCUT2D eigenvalue weighted by Crippen LogP contribution is 2.19. The summed E-state index contributed by atoms with van der Waals surface area (Å²) in [4.78, 5) is 2.37. The van der Waals surface area contributed by atoms with Crippen LogP contribution in [-0.4, -0.2) is 29.2 Å². The summed E-state index contributed by atoms with van der Waals surface area (Å²) in [6.07, 6.45) is 3.80. The molecule has 1 aliphatic rings. The average molecular weight is 237 g/mol. The van der Waals surface area contributed by atoms with E-state index < -0.39 is 0 Å². The zero-order chi connectivity index (χ0) is 12.1. The van der Waals surface area contributed by atoms with Gasteiger partial charge in [0.15, 0.2) is 5.76 Å². The van der Waals surface area contributed by atoms with Gasteiger partial charge in [-0.1, -0.05) is 19.0 Å². The Morgan fingerprint density at radius 1 is 1.47 bits per heavy atom. The fourth-order valence-corrected chi connectivity index (χ4v) is 1.94. The molecule has 4 nitrogen and oxygen atoms in total. The Kier molecular flexibility index (Phi) is 4.57. The van der Waals surface area contributed by atoms with Crippen molar-refractivity contribution in [3.05, 3.63) is 17.5 Å². The van der Waals surface area contributed by atoms with Crippen LogP contribution in [0.1, 0.15) is 44.6 Å². The molecule has 4 heteroatoms. The quantitative estimate of drug-likeness (QED) is 0.752. The molecule has 0 radical (unpaired) electrons. The third kappa shape index (κ3) is 4.13. The van der Waals surface area contributed by atoms with Gasteiger partial charge in [0, 0.05) is 18.7 Å². The monoisotopic (exact) mass is 237 g/mol. The van der Waals surface area contributed by atoms with Gasteiger partial charge in [0.1, 0.15) is 0 Å². The highest BCUT2D eigenvalue weighted by Gasteiger charge is 2.20. The van der Waals surface area contributed by atoms with E-state index in [-0.39, 0.29) is 0 Å². The maximum absolute atomic E-state index is 5.36. The first-order chi connectivity index (χ1) is 8.31. The molecule has 96 valence electrons. The smallest absolute Gasteiger partial charge is 0.151 e.